The third-order valence-corrected chi connectivity index (χ3v) is 6.68. The molecule has 1 aliphatic heterocycles. The van der Waals surface area contributed by atoms with Crippen molar-refractivity contribution in [3.05, 3.63) is 89.0 Å². The number of carbonyl (C=O) groups is 2. The number of rotatable bonds is 8. The Labute approximate surface area is 229 Å². The number of carbonyl (C=O) groups excluding carboxylic acids is 2. The summed E-state index contributed by atoms with van der Waals surface area (Å²) in [5.74, 6) is -0.182. The fraction of sp³-hybridized carbons (Fsp3) is 0.312. The van der Waals surface area contributed by atoms with Crippen LogP contribution in [0.15, 0.2) is 72.3 Å². The van der Waals surface area contributed by atoms with Crippen LogP contribution < -0.4 is 19.1 Å². The van der Waals surface area contributed by atoms with Crippen molar-refractivity contribution in [2.75, 3.05) is 25.2 Å². The van der Waals surface area contributed by atoms with Gasteiger partial charge in [0.2, 0.25) is 0 Å². The molecule has 1 amide bonds. The monoisotopic (exact) mass is 529 g/mol. The van der Waals surface area contributed by atoms with Gasteiger partial charge < -0.3 is 19.3 Å². The normalized spacial score (nSPS) is 16.9. The van der Waals surface area contributed by atoms with E-state index in [4.69, 9.17) is 14.2 Å². The van der Waals surface area contributed by atoms with Gasteiger partial charge in [0, 0.05) is 11.8 Å². The van der Waals surface area contributed by atoms with E-state index in [9.17, 15) is 14.7 Å². The Kier molecular flexibility index (Phi) is 8.00. The van der Waals surface area contributed by atoms with Gasteiger partial charge in [-0.05, 0) is 66.8 Å². The first-order chi connectivity index (χ1) is 18.6. The summed E-state index contributed by atoms with van der Waals surface area (Å²) in [5.41, 5.74) is 2.18. The highest BCUT2D eigenvalue weighted by Crippen LogP contribution is 2.44. The molecule has 0 bridgehead atoms. The quantitative estimate of drug-likeness (QED) is 0.206. The summed E-state index contributed by atoms with van der Waals surface area (Å²) in [4.78, 5) is 28.6. The van der Waals surface area contributed by atoms with E-state index in [1.807, 2.05) is 26.0 Å². The van der Waals surface area contributed by atoms with Crippen molar-refractivity contribution in [3.63, 3.8) is 0 Å². The molecular formula is C32H35NO6. The smallest absolute Gasteiger partial charge is 0.300 e. The molecule has 204 valence electrons. The van der Waals surface area contributed by atoms with Crippen molar-refractivity contribution in [2.45, 2.75) is 46.1 Å². The molecule has 3 aromatic rings. The van der Waals surface area contributed by atoms with Crippen molar-refractivity contribution in [3.8, 4) is 17.2 Å². The van der Waals surface area contributed by atoms with Gasteiger partial charge in [-0.3, -0.25) is 14.5 Å². The highest BCUT2D eigenvalue weighted by molar-refractivity contribution is 6.51. The molecule has 3 aromatic carbocycles. The summed E-state index contributed by atoms with van der Waals surface area (Å²) in [7, 11) is 1.50. The molecule has 0 saturated carbocycles. The summed E-state index contributed by atoms with van der Waals surface area (Å²) in [6, 6.07) is 18.8. The van der Waals surface area contributed by atoms with Crippen LogP contribution in [0, 0.1) is 0 Å². The number of ether oxygens (including phenoxy) is 3. The number of hydrogen-bond acceptors (Lipinski definition) is 6. The van der Waals surface area contributed by atoms with Gasteiger partial charge in [-0.25, -0.2) is 0 Å². The third kappa shape index (κ3) is 5.48. The second kappa shape index (κ2) is 11.2. The Bertz CT molecular complexity index is 1400. The molecule has 1 fully saturated rings. The summed E-state index contributed by atoms with van der Waals surface area (Å²) >= 11 is 0. The van der Waals surface area contributed by atoms with Crippen LogP contribution in [0.4, 0.5) is 5.69 Å². The maximum Gasteiger partial charge on any atom is 0.300 e. The van der Waals surface area contributed by atoms with Gasteiger partial charge in [-0.2, -0.15) is 0 Å². The van der Waals surface area contributed by atoms with E-state index in [0.29, 0.717) is 47.3 Å². The minimum Gasteiger partial charge on any atom is -0.507 e. The Morgan fingerprint density at radius 3 is 2.18 bits per heavy atom. The van der Waals surface area contributed by atoms with Crippen LogP contribution in [-0.2, 0) is 15.0 Å². The topological polar surface area (TPSA) is 85.3 Å². The molecule has 39 heavy (non-hydrogen) atoms. The summed E-state index contributed by atoms with van der Waals surface area (Å²) in [6.45, 7) is 10.9. The van der Waals surface area contributed by atoms with Crippen molar-refractivity contribution in [1.82, 2.24) is 0 Å². The minimum absolute atomic E-state index is 0.0182. The minimum atomic E-state index is -0.888. The number of amides is 1. The Hall–Kier alpha value is -4.26. The van der Waals surface area contributed by atoms with Crippen LogP contribution in [0.5, 0.6) is 17.2 Å². The summed E-state index contributed by atoms with van der Waals surface area (Å²) < 4.78 is 16.8. The van der Waals surface area contributed by atoms with Crippen LogP contribution in [0.3, 0.4) is 0 Å². The number of aliphatic hydroxyl groups excluding tert-OH is 1. The predicted molar refractivity (Wildman–Crippen MR) is 152 cm³/mol. The second-order valence-electron chi connectivity index (χ2n) is 10.3. The SMILES string of the molecule is CCOc1ccc(C2/C(=C(\O)c3cc(C(C)(C)C)ccc3OC)C(=O)C(=O)N2c2cccc(OCC)c2)cc1. The average molecular weight is 530 g/mol. The van der Waals surface area contributed by atoms with Gasteiger partial charge in [0.1, 0.15) is 23.0 Å². The predicted octanol–water partition coefficient (Wildman–Crippen LogP) is 6.42. The molecule has 4 rings (SSSR count). The number of anilines is 1. The first-order valence-electron chi connectivity index (χ1n) is 13.1. The molecule has 1 atom stereocenters. The number of Topliss-reactive ketones (excluding diaryl/α,β-unsaturated/α-hetero) is 1. The maximum atomic E-state index is 13.6. The lowest BCUT2D eigenvalue weighted by molar-refractivity contribution is -0.132. The number of nitrogens with zero attached hydrogens (tertiary/aromatic N) is 1. The van der Waals surface area contributed by atoms with Gasteiger partial charge in [-0.15, -0.1) is 0 Å². The van der Waals surface area contributed by atoms with E-state index in [-0.39, 0.29) is 16.7 Å². The Balaban J connectivity index is 1.96. The molecule has 1 saturated heterocycles. The number of ketones is 1. The molecule has 0 spiro atoms. The van der Waals surface area contributed by atoms with Gasteiger partial charge in [0.05, 0.1) is 37.5 Å². The van der Waals surface area contributed by atoms with Gasteiger partial charge in [0.15, 0.2) is 0 Å². The number of methoxy groups -OCH3 is 1. The molecular weight excluding hydrogens is 494 g/mol. The fourth-order valence-corrected chi connectivity index (χ4v) is 4.72. The van der Waals surface area contributed by atoms with E-state index in [1.165, 1.54) is 12.0 Å². The first-order valence-corrected chi connectivity index (χ1v) is 13.1. The molecule has 7 heteroatoms. The fourth-order valence-electron chi connectivity index (χ4n) is 4.72. The number of benzene rings is 3. The zero-order valence-corrected chi connectivity index (χ0v) is 23.3. The third-order valence-electron chi connectivity index (χ3n) is 6.68. The van der Waals surface area contributed by atoms with E-state index < -0.39 is 17.7 Å². The lowest BCUT2D eigenvalue weighted by atomic mass is 9.85. The van der Waals surface area contributed by atoms with Crippen molar-refractivity contribution in [1.29, 1.82) is 0 Å². The standard InChI is InChI=1S/C32H35NO6/c1-7-38-23-15-12-20(13-16-23)28-27(29(34)25-18-21(32(3,4)5)14-17-26(25)37-6)30(35)31(36)33(28)22-10-9-11-24(19-22)39-8-2/h9-19,28,34H,7-8H2,1-6H3/b29-27+. The van der Waals surface area contributed by atoms with Crippen LogP contribution in [0.25, 0.3) is 5.76 Å². The zero-order valence-electron chi connectivity index (χ0n) is 23.3. The van der Waals surface area contributed by atoms with Crippen LogP contribution in [0.2, 0.25) is 0 Å². The highest BCUT2D eigenvalue weighted by Gasteiger charge is 2.47. The average Bonchev–Trinajstić information content (AvgIpc) is 3.18. The van der Waals surface area contributed by atoms with Crippen molar-refractivity contribution < 1.29 is 28.9 Å². The molecule has 1 heterocycles. The Morgan fingerprint density at radius 1 is 0.897 bits per heavy atom. The zero-order chi connectivity index (χ0) is 28.3. The largest absolute Gasteiger partial charge is 0.507 e. The lowest BCUT2D eigenvalue weighted by Gasteiger charge is -2.26. The molecule has 0 aromatic heterocycles. The summed E-state index contributed by atoms with van der Waals surface area (Å²) in [6.07, 6.45) is 0. The van der Waals surface area contributed by atoms with E-state index in [0.717, 1.165) is 5.56 Å². The van der Waals surface area contributed by atoms with Crippen LogP contribution in [-0.4, -0.2) is 37.1 Å². The molecule has 1 N–H and O–H groups in total. The molecule has 7 nitrogen and oxygen atoms in total. The van der Waals surface area contributed by atoms with Crippen molar-refractivity contribution >= 4 is 23.1 Å². The maximum absolute atomic E-state index is 13.6. The molecule has 1 unspecified atom stereocenters. The highest BCUT2D eigenvalue weighted by atomic mass is 16.5. The molecule has 1 aliphatic rings. The first kappa shape index (κ1) is 27.8. The van der Waals surface area contributed by atoms with Crippen LogP contribution >= 0.6 is 0 Å². The lowest BCUT2D eigenvalue weighted by Crippen LogP contribution is -2.29. The molecule has 0 aliphatic carbocycles. The van der Waals surface area contributed by atoms with Gasteiger partial charge >= 0.3 is 0 Å². The Morgan fingerprint density at radius 2 is 1.56 bits per heavy atom. The van der Waals surface area contributed by atoms with E-state index in [2.05, 4.69) is 20.8 Å². The van der Waals surface area contributed by atoms with E-state index in [1.54, 1.807) is 54.6 Å². The molecule has 0 radical (unpaired) electrons. The number of aliphatic hydroxyl groups is 1. The number of hydrogen-bond donors (Lipinski definition) is 1. The van der Waals surface area contributed by atoms with Crippen LogP contribution in [0.1, 0.15) is 57.4 Å². The van der Waals surface area contributed by atoms with Gasteiger partial charge in [-0.1, -0.05) is 45.0 Å². The van der Waals surface area contributed by atoms with E-state index >= 15 is 0 Å². The summed E-state index contributed by atoms with van der Waals surface area (Å²) in [5, 5.41) is 11.7. The van der Waals surface area contributed by atoms with Crippen molar-refractivity contribution in [2.24, 2.45) is 0 Å². The second-order valence-corrected chi connectivity index (χ2v) is 10.3. The van der Waals surface area contributed by atoms with Gasteiger partial charge in [0.25, 0.3) is 11.7 Å².